The van der Waals surface area contributed by atoms with Crippen LogP contribution in [0.4, 0.5) is 0 Å². The monoisotopic (exact) mass is 250 g/mol. The lowest BCUT2D eigenvalue weighted by molar-refractivity contribution is 0.0596. The van der Waals surface area contributed by atoms with Crippen molar-refractivity contribution >= 4 is 12.0 Å². The first kappa shape index (κ1) is 16.2. The van der Waals surface area contributed by atoms with Gasteiger partial charge in [0.2, 0.25) is 0 Å². The van der Waals surface area contributed by atoms with Gasteiger partial charge >= 0.3 is 0 Å². The third kappa shape index (κ3) is 9.46. The molecule has 0 aromatic heterocycles. The minimum absolute atomic E-state index is 0.0862. The molecule has 1 unspecified atom stereocenters. The quantitative estimate of drug-likeness (QED) is 0.462. The third-order valence-electron chi connectivity index (χ3n) is 2.39. The third-order valence-corrected chi connectivity index (χ3v) is 3.30. The van der Waals surface area contributed by atoms with Crippen molar-refractivity contribution in [1.82, 2.24) is 0 Å². The Bertz CT molecular complexity index is 162. The summed E-state index contributed by atoms with van der Waals surface area (Å²) in [5, 5.41) is 17.7. The van der Waals surface area contributed by atoms with Gasteiger partial charge in [-0.25, -0.2) is 0 Å². The molecule has 2 N–H and O–H groups in total. The molecule has 0 saturated carbocycles. The fourth-order valence-electron chi connectivity index (χ4n) is 1.34. The fraction of sp³-hybridized carbons (Fsp3) is 1.00. The summed E-state index contributed by atoms with van der Waals surface area (Å²) in [6, 6.07) is 0. The van der Waals surface area contributed by atoms with Crippen molar-refractivity contribution in [3.63, 3.8) is 0 Å². The standard InChI is InChI=1S/C12H26O3S/c1-4-5-6-7-8-12(2,3)16-15-10-11(14)9-13/h11,13-14H,4-10H2,1-3H3. The van der Waals surface area contributed by atoms with Crippen LogP contribution in [0.25, 0.3) is 0 Å². The molecule has 0 bridgehead atoms. The Morgan fingerprint density at radius 2 is 1.94 bits per heavy atom. The second-order valence-electron chi connectivity index (χ2n) is 4.77. The molecule has 3 nitrogen and oxygen atoms in total. The Kier molecular flexibility index (Phi) is 9.41. The number of aliphatic hydroxyl groups excluding tert-OH is 2. The van der Waals surface area contributed by atoms with E-state index in [2.05, 4.69) is 20.8 Å². The van der Waals surface area contributed by atoms with Gasteiger partial charge in [0, 0.05) is 4.75 Å². The molecule has 0 heterocycles. The van der Waals surface area contributed by atoms with Gasteiger partial charge in [0.1, 0.15) is 6.10 Å². The van der Waals surface area contributed by atoms with Crippen molar-refractivity contribution in [1.29, 1.82) is 0 Å². The molecule has 16 heavy (non-hydrogen) atoms. The van der Waals surface area contributed by atoms with Gasteiger partial charge in [-0.3, -0.25) is 0 Å². The average molecular weight is 250 g/mol. The predicted molar refractivity (Wildman–Crippen MR) is 69.5 cm³/mol. The molecule has 0 rings (SSSR count). The van der Waals surface area contributed by atoms with Crippen molar-refractivity contribution in [2.75, 3.05) is 13.2 Å². The number of hydrogen-bond acceptors (Lipinski definition) is 4. The van der Waals surface area contributed by atoms with Crippen LogP contribution in [-0.2, 0) is 4.18 Å². The van der Waals surface area contributed by atoms with Gasteiger partial charge in [-0.1, -0.05) is 32.6 Å². The predicted octanol–water partition coefficient (Wildman–Crippen LogP) is 2.75. The van der Waals surface area contributed by atoms with Crippen molar-refractivity contribution in [2.45, 2.75) is 63.7 Å². The van der Waals surface area contributed by atoms with E-state index in [1.54, 1.807) is 0 Å². The van der Waals surface area contributed by atoms with Gasteiger partial charge in [-0.2, -0.15) is 0 Å². The van der Waals surface area contributed by atoms with E-state index in [9.17, 15) is 0 Å². The normalized spacial score (nSPS) is 14.1. The highest BCUT2D eigenvalue weighted by Gasteiger charge is 2.19. The summed E-state index contributed by atoms with van der Waals surface area (Å²) in [6.07, 6.45) is 5.41. The Morgan fingerprint density at radius 1 is 1.25 bits per heavy atom. The second kappa shape index (κ2) is 9.28. The van der Waals surface area contributed by atoms with Gasteiger partial charge in [0.05, 0.1) is 13.2 Å². The second-order valence-corrected chi connectivity index (χ2v) is 6.28. The molecule has 0 amide bonds. The van der Waals surface area contributed by atoms with Crippen LogP contribution >= 0.6 is 12.0 Å². The van der Waals surface area contributed by atoms with E-state index < -0.39 is 6.10 Å². The minimum atomic E-state index is -0.761. The van der Waals surface area contributed by atoms with E-state index in [4.69, 9.17) is 14.4 Å². The smallest absolute Gasteiger partial charge is 0.102 e. The van der Waals surface area contributed by atoms with E-state index in [0.717, 1.165) is 6.42 Å². The zero-order valence-corrected chi connectivity index (χ0v) is 11.6. The SMILES string of the molecule is CCCCCCC(C)(C)SOCC(O)CO. The summed E-state index contributed by atoms with van der Waals surface area (Å²) in [5.41, 5.74) is 0. The molecule has 0 radical (unpaired) electrons. The summed E-state index contributed by atoms with van der Waals surface area (Å²) in [4.78, 5) is 0. The summed E-state index contributed by atoms with van der Waals surface area (Å²) < 4.78 is 5.40. The summed E-state index contributed by atoms with van der Waals surface area (Å²) in [5.74, 6) is 0. The number of rotatable bonds is 10. The van der Waals surface area contributed by atoms with Crippen molar-refractivity contribution in [2.24, 2.45) is 0 Å². The first-order valence-corrected chi connectivity index (χ1v) is 6.85. The molecule has 0 aliphatic rings. The largest absolute Gasteiger partial charge is 0.394 e. The van der Waals surface area contributed by atoms with Crippen LogP contribution in [-0.4, -0.2) is 34.3 Å². The molecular weight excluding hydrogens is 224 g/mol. The van der Waals surface area contributed by atoms with Crippen LogP contribution in [0.2, 0.25) is 0 Å². The average Bonchev–Trinajstić information content (AvgIpc) is 2.24. The Hall–Kier alpha value is 0.230. The Labute approximate surface area is 104 Å². The van der Waals surface area contributed by atoms with Crippen molar-refractivity contribution in [3.05, 3.63) is 0 Å². The molecule has 0 spiro atoms. The van der Waals surface area contributed by atoms with E-state index in [1.165, 1.54) is 37.7 Å². The molecule has 0 aromatic rings. The Balaban J connectivity index is 3.53. The van der Waals surface area contributed by atoms with Crippen LogP contribution in [0.1, 0.15) is 52.9 Å². The van der Waals surface area contributed by atoms with Crippen molar-refractivity contribution < 1.29 is 14.4 Å². The highest BCUT2D eigenvalue weighted by Crippen LogP contribution is 2.31. The van der Waals surface area contributed by atoms with E-state index >= 15 is 0 Å². The first-order valence-electron chi connectivity index (χ1n) is 6.11. The van der Waals surface area contributed by atoms with Gasteiger partial charge in [-0.05, 0) is 32.3 Å². The molecule has 0 aliphatic heterocycles. The summed E-state index contributed by atoms with van der Waals surface area (Å²) in [6.45, 7) is 6.46. The molecule has 0 aliphatic carbocycles. The summed E-state index contributed by atoms with van der Waals surface area (Å²) in [7, 11) is 0. The molecule has 1 atom stereocenters. The lowest BCUT2D eigenvalue weighted by Crippen LogP contribution is -2.21. The maximum atomic E-state index is 9.11. The zero-order valence-electron chi connectivity index (χ0n) is 10.7. The van der Waals surface area contributed by atoms with Crippen LogP contribution in [0, 0.1) is 0 Å². The number of aliphatic hydroxyl groups is 2. The minimum Gasteiger partial charge on any atom is -0.394 e. The molecule has 0 fully saturated rings. The number of unbranched alkanes of at least 4 members (excludes halogenated alkanes) is 3. The fourth-order valence-corrected chi connectivity index (χ4v) is 2.12. The Morgan fingerprint density at radius 3 is 2.50 bits per heavy atom. The van der Waals surface area contributed by atoms with Crippen molar-refractivity contribution in [3.8, 4) is 0 Å². The zero-order chi connectivity index (χ0) is 12.4. The van der Waals surface area contributed by atoms with Gasteiger partial charge in [0.25, 0.3) is 0 Å². The van der Waals surface area contributed by atoms with Gasteiger partial charge < -0.3 is 14.4 Å². The van der Waals surface area contributed by atoms with Crippen LogP contribution in [0.5, 0.6) is 0 Å². The topological polar surface area (TPSA) is 49.7 Å². The number of hydrogen-bond donors (Lipinski definition) is 2. The highest BCUT2D eigenvalue weighted by molar-refractivity contribution is 7.96. The molecule has 98 valence electrons. The van der Waals surface area contributed by atoms with E-state index in [1.807, 2.05) is 0 Å². The lowest BCUT2D eigenvalue weighted by atomic mass is 10.0. The maximum Gasteiger partial charge on any atom is 0.102 e. The molecule has 4 heteroatoms. The molecular formula is C12H26O3S. The lowest BCUT2D eigenvalue weighted by Gasteiger charge is -2.23. The first-order chi connectivity index (χ1) is 7.52. The van der Waals surface area contributed by atoms with E-state index in [-0.39, 0.29) is 18.0 Å². The maximum absolute atomic E-state index is 9.11. The van der Waals surface area contributed by atoms with Crippen LogP contribution in [0.15, 0.2) is 0 Å². The van der Waals surface area contributed by atoms with Gasteiger partial charge in [0.15, 0.2) is 0 Å². The van der Waals surface area contributed by atoms with Gasteiger partial charge in [-0.15, -0.1) is 0 Å². The molecule has 0 saturated heterocycles. The molecule has 0 aromatic carbocycles. The summed E-state index contributed by atoms with van der Waals surface area (Å²) >= 11 is 1.41. The van der Waals surface area contributed by atoms with E-state index in [0.29, 0.717) is 0 Å². The van der Waals surface area contributed by atoms with Crippen LogP contribution in [0.3, 0.4) is 0 Å². The highest BCUT2D eigenvalue weighted by atomic mass is 32.2. The van der Waals surface area contributed by atoms with Crippen LogP contribution < -0.4 is 0 Å².